The highest BCUT2D eigenvalue weighted by Crippen LogP contribution is 2.38. The molecule has 1 aliphatic carbocycles. The number of aromatic nitrogens is 1. The third kappa shape index (κ3) is 4.83. The molecule has 1 fully saturated rings. The van der Waals surface area contributed by atoms with Crippen LogP contribution in [0.4, 0.5) is 0 Å². The van der Waals surface area contributed by atoms with Crippen molar-refractivity contribution >= 4 is 12.0 Å². The second-order valence-electron chi connectivity index (χ2n) is 8.38. The number of carbonyl (C=O) groups is 1. The molecule has 2 aromatic rings. The summed E-state index contributed by atoms with van der Waals surface area (Å²) in [4.78, 5) is 14.8. The Morgan fingerprint density at radius 1 is 1.30 bits per heavy atom. The van der Waals surface area contributed by atoms with Gasteiger partial charge in [-0.25, -0.2) is 0 Å². The number of hydrogen-bond acceptors (Lipinski definition) is 3. The molecule has 1 aromatic carbocycles. The van der Waals surface area contributed by atoms with E-state index in [1.807, 2.05) is 14.1 Å². The topological polar surface area (TPSA) is 61.1 Å². The van der Waals surface area contributed by atoms with Crippen LogP contribution in [0, 0.1) is 25.2 Å². The van der Waals surface area contributed by atoms with Gasteiger partial charge in [-0.1, -0.05) is 31.2 Å². The summed E-state index contributed by atoms with van der Waals surface area (Å²) in [6, 6.07) is 13.3. The molecule has 158 valence electrons. The van der Waals surface area contributed by atoms with E-state index in [0.717, 1.165) is 23.2 Å². The van der Waals surface area contributed by atoms with Gasteiger partial charge in [0.2, 0.25) is 0 Å². The van der Waals surface area contributed by atoms with Crippen LogP contribution in [0.15, 0.2) is 35.9 Å². The Kier molecular flexibility index (Phi) is 6.79. The van der Waals surface area contributed by atoms with Gasteiger partial charge in [0.05, 0.1) is 6.04 Å². The second-order valence-corrected chi connectivity index (χ2v) is 8.38. The maximum atomic E-state index is 12.8. The highest BCUT2D eigenvalue weighted by atomic mass is 16.1. The van der Waals surface area contributed by atoms with Gasteiger partial charge in [0.25, 0.3) is 5.91 Å². The quantitative estimate of drug-likeness (QED) is 0.526. The molecule has 1 saturated carbocycles. The lowest BCUT2D eigenvalue weighted by Gasteiger charge is -2.25. The normalized spacial score (nSPS) is 15.2. The van der Waals surface area contributed by atoms with Crippen LogP contribution in [-0.2, 0) is 11.2 Å². The third-order valence-corrected chi connectivity index (χ3v) is 5.95. The Hall–Kier alpha value is -2.84. The number of hydrogen-bond donors (Lipinski definition) is 1. The van der Waals surface area contributed by atoms with Crippen LogP contribution in [0.25, 0.3) is 6.08 Å². The van der Waals surface area contributed by atoms with Crippen molar-refractivity contribution in [1.82, 2.24) is 14.8 Å². The number of nitriles is 1. The SMILES string of the molecule is CCc1ccc(C(CNC(=O)C(C#N)=Cc2cc(C)n(C3CC3)c2C)N(C)C)cc1. The molecule has 0 spiro atoms. The first kappa shape index (κ1) is 21.9. The van der Waals surface area contributed by atoms with E-state index in [4.69, 9.17) is 0 Å². The minimum absolute atomic E-state index is 0.0414. The van der Waals surface area contributed by atoms with Crippen molar-refractivity contribution in [1.29, 1.82) is 5.26 Å². The summed E-state index contributed by atoms with van der Waals surface area (Å²) in [5, 5.41) is 12.6. The summed E-state index contributed by atoms with van der Waals surface area (Å²) in [7, 11) is 4.00. The predicted octanol–water partition coefficient (Wildman–Crippen LogP) is 4.33. The molecule has 0 bridgehead atoms. The molecular formula is C25H32N4O. The molecular weight excluding hydrogens is 372 g/mol. The zero-order valence-corrected chi connectivity index (χ0v) is 18.7. The molecule has 1 unspecified atom stereocenters. The van der Waals surface area contributed by atoms with Crippen LogP contribution in [-0.4, -0.2) is 36.0 Å². The van der Waals surface area contributed by atoms with Gasteiger partial charge in [0.15, 0.2) is 0 Å². The molecule has 0 radical (unpaired) electrons. The molecule has 1 atom stereocenters. The van der Waals surface area contributed by atoms with Gasteiger partial charge >= 0.3 is 0 Å². The molecule has 0 aliphatic heterocycles. The average Bonchev–Trinajstić information content (AvgIpc) is 3.51. The monoisotopic (exact) mass is 404 g/mol. The largest absolute Gasteiger partial charge is 0.349 e. The zero-order chi connectivity index (χ0) is 21.8. The fourth-order valence-electron chi connectivity index (χ4n) is 4.01. The predicted molar refractivity (Wildman–Crippen MR) is 121 cm³/mol. The van der Waals surface area contributed by atoms with Crippen LogP contribution in [0.3, 0.4) is 0 Å². The molecule has 1 aromatic heterocycles. The van der Waals surface area contributed by atoms with Gasteiger partial charge in [0.1, 0.15) is 11.6 Å². The van der Waals surface area contributed by atoms with Crippen molar-refractivity contribution in [3.63, 3.8) is 0 Å². The molecule has 3 rings (SSSR count). The molecule has 1 heterocycles. The van der Waals surface area contributed by atoms with Gasteiger partial charge in [-0.2, -0.15) is 5.26 Å². The molecule has 1 aliphatic rings. The summed E-state index contributed by atoms with van der Waals surface area (Å²) in [6.07, 6.45) is 5.13. The van der Waals surface area contributed by atoms with Gasteiger partial charge in [0, 0.05) is 24.0 Å². The number of likely N-dealkylation sites (N-methyl/N-ethyl adjacent to an activating group) is 1. The molecule has 5 heteroatoms. The molecule has 0 saturated heterocycles. The van der Waals surface area contributed by atoms with Crippen LogP contribution in [0.2, 0.25) is 0 Å². The summed E-state index contributed by atoms with van der Waals surface area (Å²) >= 11 is 0. The van der Waals surface area contributed by atoms with Crippen LogP contribution >= 0.6 is 0 Å². The Morgan fingerprint density at radius 2 is 1.97 bits per heavy atom. The van der Waals surface area contributed by atoms with Crippen molar-refractivity contribution in [3.8, 4) is 6.07 Å². The Bertz CT molecular complexity index is 972. The lowest BCUT2D eigenvalue weighted by atomic mass is 10.0. The number of nitrogens with one attached hydrogen (secondary N) is 1. The number of amides is 1. The minimum Gasteiger partial charge on any atom is -0.349 e. The summed E-state index contributed by atoms with van der Waals surface area (Å²) in [5.41, 5.74) is 5.84. The van der Waals surface area contributed by atoms with Crippen molar-refractivity contribution in [2.45, 2.75) is 52.1 Å². The number of aryl methyl sites for hydroxylation is 2. The first-order chi connectivity index (χ1) is 14.3. The van der Waals surface area contributed by atoms with Crippen LogP contribution in [0.1, 0.15) is 59.9 Å². The van der Waals surface area contributed by atoms with E-state index in [1.165, 1.54) is 24.1 Å². The lowest BCUT2D eigenvalue weighted by molar-refractivity contribution is -0.117. The number of rotatable bonds is 8. The highest BCUT2D eigenvalue weighted by Gasteiger charge is 2.27. The van der Waals surface area contributed by atoms with E-state index >= 15 is 0 Å². The van der Waals surface area contributed by atoms with E-state index in [1.54, 1.807) is 6.08 Å². The second kappa shape index (κ2) is 9.32. The minimum atomic E-state index is -0.328. The van der Waals surface area contributed by atoms with E-state index in [9.17, 15) is 10.1 Å². The molecule has 1 amide bonds. The third-order valence-electron chi connectivity index (χ3n) is 5.95. The maximum Gasteiger partial charge on any atom is 0.262 e. The van der Waals surface area contributed by atoms with Crippen molar-refractivity contribution in [3.05, 3.63) is 64.0 Å². The van der Waals surface area contributed by atoms with Crippen LogP contribution < -0.4 is 5.32 Å². The number of benzene rings is 1. The van der Waals surface area contributed by atoms with Gasteiger partial charge in [-0.3, -0.25) is 4.79 Å². The van der Waals surface area contributed by atoms with E-state index in [-0.39, 0.29) is 17.5 Å². The van der Waals surface area contributed by atoms with Gasteiger partial charge < -0.3 is 14.8 Å². The molecule has 1 N–H and O–H groups in total. The van der Waals surface area contributed by atoms with Crippen molar-refractivity contribution in [2.24, 2.45) is 0 Å². The summed E-state index contributed by atoms with van der Waals surface area (Å²) in [6.45, 7) is 6.72. The van der Waals surface area contributed by atoms with E-state index in [2.05, 4.69) is 72.0 Å². The lowest BCUT2D eigenvalue weighted by Crippen LogP contribution is -2.35. The Labute approximate surface area is 180 Å². The van der Waals surface area contributed by atoms with Gasteiger partial charge in [-0.05, 0) is 76.0 Å². The zero-order valence-electron chi connectivity index (χ0n) is 18.7. The average molecular weight is 405 g/mol. The highest BCUT2D eigenvalue weighted by molar-refractivity contribution is 6.01. The molecule has 30 heavy (non-hydrogen) atoms. The fraction of sp³-hybridized carbons (Fsp3) is 0.440. The van der Waals surface area contributed by atoms with E-state index < -0.39 is 0 Å². The van der Waals surface area contributed by atoms with Crippen LogP contribution in [0.5, 0.6) is 0 Å². The standard InChI is InChI=1S/C25H32N4O/c1-6-19-7-9-20(10-8-19)24(28(4)5)16-27-25(30)22(15-26)14-21-13-17(2)29(18(21)3)23-11-12-23/h7-10,13-14,23-24H,6,11-12,16H2,1-5H3,(H,27,30). The summed E-state index contributed by atoms with van der Waals surface area (Å²) in [5.74, 6) is -0.328. The Balaban J connectivity index is 1.73. The smallest absolute Gasteiger partial charge is 0.262 e. The van der Waals surface area contributed by atoms with E-state index in [0.29, 0.717) is 12.6 Å². The Morgan fingerprint density at radius 3 is 2.50 bits per heavy atom. The van der Waals surface area contributed by atoms with Gasteiger partial charge in [-0.15, -0.1) is 0 Å². The van der Waals surface area contributed by atoms with Crippen molar-refractivity contribution in [2.75, 3.05) is 20.6 Å². The molecule has 5 nitrogen and oxygen atoms in total. The number of nitrogens with zero attached hydrogens (tertiary/aromatic N) is 3. The number of carbonyl (C=O) groups excluding carboxylic acids is 1. The van der Waals surface area contributed by atoms with Crippen molar-refractivity contribution < 1.29 is 4.79 Å². The fourth-order valence-corrected chi connectivity index (χ4v) is 4.01. The summed E-state index contributed by atoms with van der Waals surface area (Å²) < 4.78 is 2.32. The first-order valence-electron chi connectivity index (χ1n) is 10.7. The first-order valence-corrected chi connectivity index (χ1v) is 10.7. The maximum absolute atomic E-state index is 12.8.